The molecule has 0 aliphatic rings. The summed E-state index contributed by atoms with van der Waals surface area (Å²) in [6.07, 6.45) is 6.91. The fourth-order valence-electron chi connectivity index (χ4n) is 4.59. The third-order valence-electron chi connectivity index (χ3n) is 7.69. The Kier molecular flexibility index (Phi) is 38.3. The zero-order chi connectivity index (χ0) is 37.8. The molecule has 0 radical (unpaired) electrons. The lowest BCUT2D eigenvalue weighted by Crippen LogP contribution is -2.40. The Bertz CT molecular complexity index is 804. The van der Waals surface area contributed by atoms with Crippen molar-refractivity contribution >= 4 is 39.4 Å². The summed E-state index contributed by atoms with van der Waals surface area (Å²) in [4.78, 5) is 39.5. The molecule has 0 saturated carbocycles. The van der Waals surface area contributed by atoms with Gasteiger partial charge in [-0.15, -0.1) is 0 Å². The number of hydrogen-bond acceptors (Lipinski definition) is 12. The van der Waals surface area contributed by atoms with Gasteiger partial charge in [-0.1, -0.05) is 55.7 Å². The molecule has 3 atom stereocenters. The van der Waals surface area contributed by atoms with Crippen molar-refractivity contribution < 1.29 is 24.2 Å². The minimum absolute atomic E-state index is 0.0114. The number of hydrogen-bond donors (Lipinski definition) is 7. The van der Waals surface area contributed by atoms with E-state index in [1.807, 2.05) is 49.5 Å². The van der Waals surface area contributed by atoms with Crippen molar-refractivity contribution in [3.8, 4) is 0 Å². The molecular weight excluding hydrogens is 677 g/mol. The number of ether oxygens (including phenoxy) is 1. The van der Waals surface area contributed by atoms with E-state index in [0.717, 1.165) is 77.5 Å². The molecule has 0 fully saturated rings. The summed E-state index contributed by atoms with van der Waals surface area (Å²) in [7, 11) is 12.0. The quantitative estimate of drug-likeness (QED) is 0.0293. The normalized spacial score (nSPS) is 13.1. The largest absolute Gasteiger partial charge is 0.481 e. The van der Waals surface area contributed by atoms with Gasteiger partial charge in [0, 0.05) is 37.7 Å². The molecule has 298 valence electrons. The summed E-state index contributed by atoms with van der Waals surface area (Å²) in [5, 5.41) is 27.9. The standard InChI is InChI=1S/C32H67N7O5S2.C3H9N/c1-7-29(40)37-24-28(46-45-26-39(6)19-13-12-18-38(5)20-14-16-33-4)23-34-22-27(3)21-31(35-8-2)44-25-30(41)36-17-11-9-10-15-32(42)43;1-3-4-2/h27-28,31,33-35H,7-26H2,1-6H3,(H,36,41)(H,37,40)(H,42,43);4H,3H2,1-2H3. The second-order valence-corrected chi connectivity index (χ2v) is 15.4. The first kappa shape index (κ1) is 50.9. The van der Waals surface area contributed by atoms with Gasteiger partial charge in [0.15, 0.2) is 0 Å². The van der Waals surface area contributed by atoms with Crippen LogP contribution < -0.4 is 31.9 Å². The number of carboxylic acids is 1. The van der Waals surface area contributed by atoms with Crippen LogP contribution in [0.4, 0.5) is 0 Å². The molecule has 0 aliphatic heterocycles. The summed E-state index contributed by atoms with van der Waals surface area (Å²) in [6.45, 7) is 17.1. The lowest BCUT2D eigenvalue weighted by atomic mass is 10.1. The van der Waals surface area contributed by atoms with E-state index in [9.17, 15) is 14.4 Å². The Balaban J connectivity index is 0. The van der Waals surface area contributed by atoms with Crippen molar-refractivity contribution in [3.63, 3.8) is 0 Å². The molecule has 0 spiro atoms. The van der Waals surface area contributed by atoms with Crippen molar-refractivity contribution in [2.45, 2.75) is 97.0 Å². The summed E-state index contributed by atoms with van der Waals surface area (Å²) >= 11 is 0. The van der Waals surface area contributed by atoms with Crippen LogP contribution in [0.5, 0.6) is 0 Å². The minimum Gasteiger partial charge on any atom is -0.481 e. The number of aliphatic carboxylic acids is 1. The van der Waals surface area contributed by atoms with Gasteiger partial charge in [-0.05, 0) is 118 Å². The Morgan fingerprint density at radius 2 is 1.46 bits per heavy atom. The lowest BCUT2D eigenvalue weighted by molar-refractivity contribution is -0.137. The fourth-order valence-corrected chi connectivity index (χ4v) is 7.19. The smallest absolute Gasteiger partial charge is 0.303 e. The molecule has 15 heteroatoms. The molecule has 3 unspecified atom stereocenters. The highest BCUT2D eigenvalue weighted by Crippen LogP contribution is 2.27. The third kappa shape index (κ3) is 36.6. The minimum atomic E-state index is -0.787. The van der Waals surface area contributed by atoms with Gasteiger partial charge >= 0.3 is 5.97 Å². The topological polar surface area (TPSA) is 159 Å². The van der Waals surface area contributed by atoms with Crippen molar-refractivity contribution in [1.29, 1.82) is 0 Å². The van der Waals surface area contributed by atoms with Crippen LogP contribution in [0.2, 0.25) is 0 Å². The maximum Gasteiger partial charge on any atom is 0.303 e. The van der Waals surface area contributed by atoms with Crippen molar-refractivity contribution in [2.24, 2.45) is 5.92 Å². The number of rotatable bonds is 34. The first-order valence-electron chi connectivity index (χ1n) is 18.8. The van der Waals surface area contributed by atoms with Gasteiger partial charge in [0.2, 0.25) is 11.8 Å². The number of amides is 2. The summed E-state index contributed by atoms with van der Waals surface area (Å²) in [5.74, 6) is 0.387. The van der Waals surface area contributed by atoms with E-state index in [-0.39, 0.29) is 36.3 Å². The van der Waals surface area contributed by atoms with Crippen molar-refractivity contribution in [2.75, 3.05) is 106 Å². The predicted octanol–water partition coefficient (Wildman–Crippen LogP) is 3.03. The summed E-state index contributed by atoms with van der Waals surface area (Å²) in [5.41, 5.74) is 0. The maximum absolute atomic E-state index is 12.2. The van der Waals surface area contributed by atoms with E-state index in [1.54, 1.807) is 0 Å². The summed E-state index contributed by atoms with van der Waals surface area (Å²) in [6, 6.07) is 0. The van der Waals surface area contributed by atoms with Gasteiger partial charge in [-0.25, -0.2) is 0 Å². The predicted molar refractivity (Wildman–Crippen MR) is 214 cm³/mol. The summed E-state index contributed by atoms with van der Waals surface area (Å²) < 4.78 is 5.88. The highest BCUT2D eigenvalue weighted by atomic mass is 33.1. The van der Waals surface area contributed by atoms with Gasteiger partial charge in [-0.3, -0.25) is 24.6 Å². The van der Waals surface area contributed by atoms with Crippen LogP contribution in [0.25, 0.3) is 0 Å². The van der Waals surface area contributed by atoms with Crippen LogP contribution in [0.1, 0.15) is 85.5 Å². The molecule has 0 saturated heterocycles. The van der Waals surface area contributed by atoms with Crippen LogP contribution in [0.15, 0.2) is 0 Å². The monoisotopic (exact) mass is 753 g/mol. The molecule has 0 aromatic carbocycles. The van der Waals surface area contributed by atoms with E-state index >= 15 is 0 Å². The molecule has 0 heterocycles. The average Bonchev–Trinajstić information content (AvgIpc) is 3.09. The van der Waals surface area contributed by atoms with Crippen LogP contribution >= 0.6 is 21.6 Å². The number of nitrogens with zero attached hydrogens (tertiary/aromatic N) is 2. The van der Waals surface area contributed by atoms with Crippen LogP contribution in [0, 0.1) is 5.92 Å². The second kappa shape index (κ2) is 37.6. The second-order valence-electron chi connectivity index (χ2n) is 12.8. The molecule has 7 N–H and O–H groups in total. The van der Waals surface area contributed by atoms with E-state index in [0.29, 0.717) is 31.8 Å². The fraction of sp³-hybridized carbons (Fsp3) is 0.914. The molecule has 50 heavy (non-hydrogen) atoms. The number of carbonyl (C=O) groups is 3. The van der Waals surface area contributed by atoms with E-state index < -0.39 is 5.97 Å². The Morgan fingerprint density at radius 1 is 0.780 bits per heavy atom. The molecule has 0 bridgehead atoms. The Labute approximate surface area is 313 Å². The molecular formula is C35H76N8O5S2. The molecule has 0 aromatic rings. The molecule has 0 aliphatic carbocycles. The molecule has 2 amide bonds. The van der Waals surface area contributed by atoms with Crippen LogP contribution in [0.3, 0.4) is 0 Å². The first-order chi connectivity index (χ1) is 24.0. The van der Waals surface area contributed by atoms with Gasteiger partial charge in [0.05, 0.1) is 5.88 Å². The van der Waals surface area contributed by atoms with Gasteiger partial charge in [0.1, 0.15) is 12.8 Å². The zero-order valence-electron chi connectivity index (χ0n) is 32.9. The molecule has 0 rings (SSSR count). The number of unbranched alkanes of at least 4 members (excludes halogenated alkanes) is 3. The van der Waals surface area contributed by atoms with Gasteiger partial charge in [0.25, 0.3) is 0 Å². The van der Waals surface area contributed by atoms with Crippen LogP contribution in [-0.4, -0.2) is 150 Å². The van der Waals surface area contributed by atoms with Crippen molar-refractivity contribution in [1.82, 2.24) is 41.7 Å². The van der Waals surface area contributed by atoms with E-state index in [4.69, 9.17) is 9.84 Å². The van der Waals surface area contributed by atoms with E-state index in [1.165, 1.54) is 19.3 Å². The number of nitrogens with one attached hydrogen (secondary N) is 6. The van der Waals surface area contributed by atoms with Gasteiger partial charge in [-0.2, -0.15) is 0 Å². The van der Waals surface area contributed by atoms with Crippen LogP contribution in [-0.2, 0) is 19.1 Å². The number of carboxylic acid groups (broad SMARTS) is 1. The zero-order valence-corrected chi connectivity index (χ0v) is 34.5. The number of carbonyl (C=O) groups excluding carboxylic acids is 2. The van der Waals surface area contributed by atoms with E-state index in [2.05, 4.69) is 69.6 Å². The molecule has 0 aromatic heterocycles. The average molecular weight is 753 g/mol. The van der Waals surface area contributed by atoms with Crippen molar-refractivity contribution in [3.05, 3.63) is 0 Å². The SMILES string of the molecule is CCNC.CCNC(CC(C)CNCC(CNC(=O)CC)SSCN(C)CCCCN(C)CCCNC)OCC(=O)NCCCCCC(=O)O. The third-order valence-corrected chi connectivity index (χ3v) is 10.5. The highest BCUT2D eigenvalue weighted by Gasteiger charge is 2.17. The first-order valence-corrected chi connectivity index (χ1v) is 21.2. The Morgan fingerprint density at radius 3 is 2.08 bits per heavy atom. The Hall–Kier alpha value is -1.17. The highest BCUT2D eigenvalue weighted by molar-refractivity contribution is 8.76. The molecule has 13 nitrogen and oxygen atoms in total. The lowest BCUT2D eigenvalue weighted by Gasteiger charge is -2.24. The maximum atomic E-state index is 12.2. The van der Waals surface area contributed by atoms with Gasteiger partial charge < -0.3 is 41.3 Å².